The van der Waals surface area contributed by atoms with E-state index in [-0.39, 0.29) is 18.4 Å². The van der Waals surface area contributed by atoms with Crippen LogP contribution in [0, 0.1) is 0 Å². The number of aliphatic carboxylic acids is 1. The highest BCUT2D eigenvalue weighted by Crippen LogP contribution is 2.14. The zero-order valence-corrected chi connectivity index (χ0v) is 12.0. The van der Waals surface area contributed by atoms with E-state index >= 15 is 0 Å². The van der Waals surface area contributed by atoms with Gasteiger partial charge in [0.1, 0.15) is 0 Å². The Morgan fingerprint density at radius 1 is 1.15 bits per heavy atom. The molecule has 1 aromatic rings. The molecule has 110 valence electrons. The summed E-state index contributed by atoms with van der Waals surface area (Å²) in [7, 11) is 0. The van der Waals surface area contributed by atoms with Crippen LogP contribution in [0.15, 0.2) is 30.3 Å². The summed E-state index contributed by atoms with van der Waals surface area (Å²) in [5.74, 6) is -0.853. The summed E-state index contributed by atoms with van der Waals surface area (Å²) >= 11 is 0. The SMILES string of the molecule is CC(C)NC(=O)CCN(CCC(=O)O)c1ccccc1. The van der Waals surface area contributed by atoms with Gasteiger partial charge in [-0.1, -0.05) is 18.2 Å². The summed E-state index contributed by atoms with van der Waals surface area (Å²) in [4.78, 5) is 24.3. The summed E-state index contributed by atoms with van der Waals surface area (Å²) in [5, 5.41) is 11.6. The molecule has 0 spiro atoms. The van der Waals surface area contributed by atoms with Crippen LogP contribution in [0.4, 0.5) is 5.69 Å². The van der Waals surface area contributed by atoms with Crippen LogP contribution < -0.4 is 10.2 Å². The molecule has 0 radical (unpaired) electrons. The summed E-state index contributed by atoms with van der Waals surface area (Å²) < 4.78 is 0. The minimum Gasteiger partial charge on any atom is -0.481 e. The molecule has 0 atom stereocenters. The van der Waals surface area contributed by atoms with Gasteiger partial charge in [0.25, 0.3) is 0 Å². The van der Waals surface area contributed by atoms with Gasteiger partial charge in [0.2, 0.25) is 5.91 Å². The number of carboxylic acid groups (broad SMARTS) is 1. The van der Waals surface area contributed by atoms with Crippen LogP contribution in [0.1, 0.15) is 26.7 Å². The Hall–Kier alpha value is -2.04. The zero-order valence-electron chi connectivity index (χ0n) is 12.0. The molecule has 0 aromatic heterocycles. The molecule has 0 saturated carbocycles. The number of nitrogens with zero attached hydrogens (tertiary/aromatic N) is 1. The number of hydrogen-bond donors (Lipinski definition) is 2. The number of carbonyl (C=O) groups excluding carboxylic acids is 1. The van der Waals surface area contributed by atoms with Crippen molar-refractivity contribution in [3.63, 3.8) is 0 Å². The molecule has 5 nitrogen and oxygen atoms in total. The van der Waals surface area contributed by atoms with Crippen molar-refractivity contribution in [2.45, 2.75) is 32.7 Å². The second-order valence-electron chi connectivity index (χ2n) is 4.94. The third-order valence-electron chi connectivity index (χ3n) is 2.78. The van der Waals surface area contributed by atoms with Crippen LogP contribution in [0.3, 0.4) is 0 Å². The van der Waals surface area contributed by atoms with Gasteiger partial charge in [-0.15, -0.1) is 0 Å². The zero-order chi connectivity index (χ0) is 15.0. The number of carbonyl (C=O) groups is 2. The number of hydrogen-bond acceptors (Lipinski definition) is 3. The molecule has 0 aliphatic rings. The van der Waals surface area contributed by atoms with Gasteiger partial charge in [-0.2, -0.15) is 0 Å². The Kier molecular flexibility index (Phi) is 6.56. The highest BCUT2D eigenvalue weighted by atomic mass is 16.4. The molecule has 0 heterocycles. The fourth-order valence-corrected chi connectivity index (χ4v) is 1.87. The van der Waals surface area contributed by atoms with Crippen molar-refractivity contribution in [2.75, 3.05) is 18.0 Å². The largest absolute Gasteiger partial charge is 0.481 e. The highest BCUT2D eigenvalue weighted by Gasteiger charge is 2.11. The van der Waals surface area contributed by atoms with E-state index in [1.54, 1.807) is 0 Å². The van der Waals surface area contributed by atoms with Crippen molar-refractivity contribution in [1.82, 2.24) is 5.32 Å². The molecular weight excluding hydrogens is 256 g/mol. The van der Waals surface area contributed by atoms with Crippen molar-refractivity contribution in [3.8, 4) is 0 Å². The predicted molar refractivity (Wildman–Crippen MR) is 78.8 cm³/mol. The normalized spacial score (nSPS) is 10.3. The van der Waals surface area contributed by atoms with Gasteiger partial charge in [-0.25, -0.2) is 0 Å². The number of para-hydroxylation sites is 1. The minimum absolute atomic E-state index is 0.0174. The van der Waals surface area contributed by atoms with Gasteiger partial charge in [-0.05, 0) is 26.0 Å². The first-order valence-electron chi connectivity index (χ1n) is 6.80. The Morgan fingerprint density at radius 2 is 1.75 bits per heavy atom. The van der Waals surface area contributed by atoms with E-state index in [1.807, 2.05) is 49.1 Å². The van der Waals surface area contributed by atoms with E-state index in [1.165, 1.54) is 0 Å². The van der Waals surface area contributed by atoms with Gasteiger partial charge in [-0.3, -0.25) is 9.59 Å². The summed E-state index contributed by atoms with van der Waals surface area (Å²) in [5.41, 5.74) is 0.936. The van der Waals surface area contributed by atoms with Gasteiger partial charge in [0.05, 0.1) is 6.42 Å². The fourth-order valence-electron chi connectivity index (χ4n) is 1.87. The maximum Gasteiger partial charge on any atom is 0.305 e. The van der Waals surface area contributed by atoms with Gasteiger partial charge in [0.15, 0.2) is 0 Å². The maximum atomic E-state index is 11.7. The average Bonchev–Trinajstić information content (AvgIpc) is 2.38. The second kappa shape index (κ2) is 8.19. The highest BCUT2D eigenvalue weighted by molar-refractivity contribution is 5.77. The topological polar surface area (TPSA) is 69.6 Å². The monoisotopic (exact) mass is 278 g/mol. The third-order valence-corrected chi connectivity index (χ3v) is 2.78. The molecule has 20 heavy (non-hydrogen) atoms. The summed E-state index contributed by atoms with van der Waals surface area (Å²) in [6, 6.07) is 9.66. The van der Waals surface area contributed by atoms with E-state index in [0.29, 0.717) is 19.5 Å². The molecule has 0 saturated heterocycles. The fraction of sp³-hybridized carbons (Fsp3) is 0.467. The number of rotatable bonds is 8. The molecule has 0 bridgehead atoms. The number of amides is 1. The molecule has 0 aliphatic carbocycles. The lowest BCUT2D eigenvalue weighted by Crippen LogP contribution is -2.35. The van der Waals surface area contributed by atoms with Gasteiger partial charge >= 0.3 is 5.97 Å². The van der Waals surface area contributed by atoms with Crippen LogP contribution in [0.25, 0.3) is 0 Å². The number of carboxylic acids is 1. The van der Waals surface area contributed by atoms with Gasteiger partial charge in [0, 0.05) is 31.2 Å². The van der Waals surface area contributed by atoms with Crippen LogP contribution >= 0.6 is 0 Å². The van der Waals surface area contributed by atoms with Crippen molar-refractivity contribution in [1.29, 1.82) is 0 Å². The summed E-state index contributed by atoms with van der Waals surface area (Å²) in [6.45, 7) is 4.73. The van der Waals surface area contributed by atoms with Crippen LogP contribution in [-0.4, -0.2) is 36.1 Å². The minimum atomic E-state index is -0.836. The van der Waals surface area contributed by atoms with E-state index in [2.05, 4.69) is 5.32 Å². The Bertz CT molecular complexity index is 432. The molecule has 1 rings (SSSR count). The average molecular weight is 278 g/mol. The molecule has 0 aliphatic heterocycles. The molecule has 1 amide bonds. The molecule has 0 unspecified atom stereocenters. The lowest BCUT2D eigenvalue weighted by atomic mass is 10.2. The lowest BCUT2D eigenvalue weighted by Gasteiger charge is -2.24. The molecule has 2 N–H and O–H groups in total. The van der Waals surface area contributed by atoms with E-state index in [4.69, 9.17) is 5.11 Å². The third kappa shape index (κ3) is 6.22. The van der Waals surface area contributed by atoms with E-state index in [0.717, 1.165) is 5.69 Å². The van der Waals surface area contributed by atoms with Crippen LogP contribution in [0.5, 0.6) is 0 Å². The summed E-state index contributed by atoms with van der Waals surface area (Å²) in [6.07, 6.45) is 0.410. The number of nitrogens with one attached hydrogen (secondary N) is 1. The standard InChI is InChI=1S/C15H22N2O3/c1-12(2)16-14(18)8-10-17(11-9-15(19)20)13-6-4-3-5-7-13/h3-7,12H,8-11H2,1-2H3,(H,16,18)(H,19,20). The number of anilines is 1. The first kappa shape index (κ1) is 16.0. The molecule has 0 fully saturated rings. The van der Waals surface area contributed by atoms with Crippen LogP contribution in [-0.2, 0) is 9.59 Å². The molecular formula is C15H22N2O3. The molecule has 1 aromatic carbocycles. The van der Waals surface area contributed by atoms with Gasteiger partial charge < -0.3 is 15.3 Å². The maximum absolute atomic E-state index is 11.7. The Labute approximate surface area is 119 Å². The second-order valence-corrected chi connectivity index (χ2v) is 4.94. The van der Waals surface area contributed by atoms with Crippen LogP contribution in [0.2, 0.25) is 0 Å². The van der Waals surface area contributed by atoms with Crippen molar-refractivity contribution in [2.24, 2.45) is 0 Å². The van der Waals surface area contributed by atoms with Crippen molar-refractivity contribution < 1.29 is 14.7 Å². The van der Waals surface area contributed by atoms with Crippen molar-refractivity contribution in [3.05, 3.63) is 30.3 Å². The molecule has 5 heteroatoms. The number of benzene rings is 1. The Balaban J connectivity index is 2.59. The smallest absolute Gasteiger partial charge is 0.305 e. The quantitative estimate of drug-likeness (QED) is 0.762. The van der Waals surface area contributed by atoms with Crippen molar-refractivity contribution >= 4 is 17.6 Å². The first-order valence-corrected chi connectivity index (χ1v) is 6.80. The van der Waals surface area contributed by atoms with E-state index < -0.39 is 5.97 Å². The Morgan fingerprint density at radius 3 is 2.30 bits per heavy atom. The lowest BCUT2D eigenvalue weighted by molar-refractivity contribution is -0.136. The first-order chi connectivity index (χ1) is 9.49. The van der Waals surface area contributed by atoms with E-state index in [9.17, 15) is 9.59 Å². The predicted octanol–water partition coefficient (Wildman–Crippen LogP) is 1.88.